The maximum Gasteiger partial charge on any atom is 0.251 e. The van der Waals surface area contributed by atoms with Gasteiger partial charge in [-0.15, -0.1) is 0 Å². The van der Waals surface area contributed by atoms with E-state index in [1.54, 1.807) is 0 Å². The van der Waals surface area contributed by atoms with E-state index in [0.717, 1.165) is 0 Å². The molecule has 0 bridgehead atoms. The van der Waals surface area contributed by atoms with Crippen LogP contribution in [0.25, 0.3) is 0 Å². The molecule has 1 aromatic carbocycles. The summed E-state index contributed by atoms with van der Waals surface area (Å²) in [4.78, 5) is 23.0. The number of hydrogen-bond donors (Lipinski definition) is 3. The molecule has 0 aliphatic carbocycles. The Kier molecular flexibility index (Phi) is 6.28. The molecule has 1 aromatic rings. The third-order valence-electron chi connectivity index (χ3n) is 2.73. The number of nitrogens with two attached hydrogens (primary N) is 1. The summed E-state index contributed by atoms with van der Waals surface area (Å²) in [5, 5.41) is 2.60. The van der Waals surface area contributed by atoms with Crippen LogP contribution >= 0.6 is 0 Å². The molecule has 0 aromatic heterocycles. The average Bonchev–Trinajstić information content (AvgIpc) is 2.52. The summed E-state index contributed by atoms with van der Waals surface area (Å²) in [6, 6.07) is 3.05. The number of carbonyl (C=O) groups excluding carboxylic acids is 2. The highest BCUT2D eigenvalue weighted by atomic mass is 16.5. The Morgan fingerprint density at radius 2 is 1.67 bits per heavy atom. The molecule has 0 radical (unpaired) electrons. The van der Waals surface area contributed by atoms with Crippen molar-refractivity contribution in [2.24, 2.45) is 5.84 Å². The zero-order chi connectivity index (χ0) is 15.8. The van der Waals surface area contributed by atoms with E-state index >= 15 is 0 Å². The van der Waals surface area contributed by atoms with Crippen molar-refractivity contribution in [1.29, 1.82) is 0 Å². The number of ether oxygens (including phenoxy) is 3. The molecule has 0 spiro atoms. The first-order valence-corrected chi connectivity index (χ1v) is 6.15. The monoisotopic (exact) mass is 297 g/mol. The van der Waals surface area contributed by atoms with E-state index in [9.17, 15) is 9.59 Å². The number of hydrazine groups is 1. The van der Waals surface area contributed by atoms with E-state index in [4.69, 9.17) is 20.1 Å². The molecule has 0 atom stereocenters. The Hall–Kier alpha value is -2.48. The smallest absolute Gasteiger partial charge is 0.251 e. The van der Waals surface area contributed by atoms with Crippen LogP contribution in [0.1, 0.15) is 16.8 Å². The quantitative estimate of drug-likeness (QED) is 0.366. The van der Waals surface area contributed by atoms with E-state index in [-0.39, 0.29) is 24.8 Å². The van der Waals surface area contributed by atoms with Crippen molar-refractivity contribution in [3.05, 3.63) is 17.7 Å². The van der Waals surface area contributed by atoms with Crippen molar-refractivity contribution in [3.63, 3.8) is 0 Å². The van der Waals surface area contributed by atoms with Gasteiger partial charge in [-0.1, -0.05) is 0 Å². The van der Waals surface area contributed by atoms with Crippen molar-refractivity contribution in [3.8, 4) is 17.2 Å². The van der Waals surface area contributed by atoms with E-state index in [1.807, 2.05) is 5.43 Å². The van der Waals surface area contributed by atoms with E-state index in [2.05, 4.69) is 5.32 Å². The highest BCUT2D eigenvalue weighted by Gasteiger charge is 2.16. The minimum Gasteiger partial charge on any atom is -0.493 e. The van der Waals surface area contributed by atoms with E-state index < -0.39 is 0 Å². The summed E-state index contributed by atoms with van der Waals surface area (Å²) >= 11 is 0. The molecule has 0 unspecified atom stereocenters. The summed E-state index contributed by atoms with van der Waals surface area (Å²) in [7, 11) is 4.40. The van der Waals surface area contributed by atoms with Gasteiger partial charge in [0.1, 0.15) is 0 Å². The second kappa shape index (κ2) is 7.95. The zero-order valence-electron chi connectivity index (χ0n) is 12.2. The maximum atomic E-state index is 12.0. The molecule has 0 aliphatic rings. The lowest BCUT2D eigenvalue weighted by atomic mass is 10.1. The second-order valence-corrected chi connectivity index (χ2v) is 3.99. The Labute approximate surface area is 122 Å². The standard InChI is InChI=1S/C13H19N3O5/c1-19-9-6-8(7-10(20-2)12(9)21-3)13(18)15-5-4-11(17)16-14/h6-7H,4-5,14H2,1-3H3,(H,15,18)(H,16,17). The van der Waals surface area contributed by atoms with Crippen LogP contribution in [0.5, 0.6) is 17.2 Å². The SMILES string of the molecule is COc1cc(C(=O)NCCC(=O)NN)cc(OC)c1OC. The Morgan fingerprint density at radius 3 is 2.10 bits per heavy atom. The van der Waals surface area contributed by atoms with Crippen LogP contribution in [-0.4, -0.2) is 39.7 Å². The van der Waals surface area contributed by atoms with Gasteiger partial charge in [0.15, 0.2) is 11.5 Å². The van der Waals surface area contributed by atoms with Gasteiger partial charge in [0, 0.05) is 18.5 Å². The van der Waals surface area contributed by atoms with Gasteiger partial charge in [-0.25, -0.2) is 5.84 Å². The lowest BCUT2D eigenvalue weighted by Gasteiger charge is -2.14. The third-order valence-corrected chi connectivity index (χ3v) is 2.73. The fourth-order valence-electron chi connectivity index (χ4n) is 1.68. The van der Waals surface area contributed by atoms with Gasteiger partial charge in [0.2, 0.25) is 11.7 Å². The van der Waals surface area contributed by atoms with Crippen LogP contribution in [0.2, 0.25) is 0 Å². The van der Waals surface area contributed by atoms with Gasteiger partial charge in [-0.05, 0) is 12.1 Å². The number of nitrogens with one attached hydrogen (secondary N) is 2. The van der Waals surface area contributed by atoms with Gasteiger partial charge in [0.05, 0.1) is 21.3 Å². The molecular weight excluding hydrogens is 278 g/mol. The summed E-state index contributed by atoms with van der Waals surface area (Å²) in [5.74, 6) is 5.38. The van der Waals surface area contributed by atoms with Crippen LogP contribution in [0.4, 0.5) is 0 Å². The number of carbonyl (C=O) groups is 2. The summed E-state index contributed by atoms with van der Waals surface area (Å²) in [6.07, 6.45) is 0.0899. The van der Waals surface area contributed by atoms with Gasteiger partial charge in [-0.3, -0.25) is 15.0 Å². The number of methoxy groups -OCH3 is 3. The van der Waals surface area contributed by atoms with Crippen LogP contribution in [-0.2, 0) is 4.79 Å². The molecule has 116 valence electrons. The fourth-order valence-corrected chi connectivity index (χ4v) is 1.68. The molecule has 2 amide bonds. The Morgan fingerprint density at radius 1 is 1.10 bits per heavy atom. The molecule has 8 nitrogen and oxygen atoms in total. The highest BCUT2D eigenvalue weighted by Crippen LogP contribution is 2.38. The first-order chi connectivity index (χ1) is 10.1. The molecular formula is C13H19N3O5. The maximum absolute atomic E-state index is 12.0. The van der Waals surface area contributed by atoms with Crippen LogP contribution < -0.4 is 30.8 Å². The molecule has 0 saturated heterocycles. The number of benzene rings is 1. The summed E-state index contributed by atoms with van der Waals surface area (Å²) in [6.45, 7) is 0.165. The van der Waals surface area contributed by atoms with E-state index in [1.165, 1.54) is 33.5 Å². The topological polar surface area (TPSA) is 112 Å². The Bertz CT molecular complexity index is 494. The lowest BCUT2D eigenvalue weighted by molar-refractivity contribution is -0.121. The molecule has 0 saturated carbocycles. The zero-order valence-corrected chi connectivity index (χ0v) is 12.2. The normalized spacial score (nSPS) is 9.71. The van der Waals surface area contributed by atoms with Crippen molar-refractivity contribution >= 4 is 11.8 Å². The van der Waals surface area contributed by atoms with Gasteiger partial charge in [-0.2, -0.15) is 0 Å². The minimum atomic E-state index is -0.362. The van der Waals surface area contributed by atoms with Gasteiger partial charge < -0.3 is 19.5 Å². The van der Waals surface area contributed by atoms with Crippen molar-refractivity contribution < 1.29 is 23.8 Å². The molecule has 21 heavy (non-hydrogen) atoms. The predicted octanol–water partition coefficient (Wildman–Crippen LogP) is -0.178. The van der Waals surface area contributed by atoms with Gasteiger partial charge in [0.25, 0.3) is 5.91 Å². The van der Waals surface area contributed by atoms with Crippen LogP contribution in [0.15, 0.2) is 12.1 Å². The van der Waals surface area contributed by atoms with Gasteiger partial charge >= 0.3 is 0 Å². The highest BCUT2D eigenvalue weighted by molar-refractivity contribution is 5.95. The van der Waals surface area contributed by atoms with Crippen molar-refractivity contribution in [1.82, 2.24) is 10.7 Å². The van der Waals surface area contributed by atoms with Crippen LogP contribution in [0.3, 0.4) is 0 Å². The van der Waals surface area contributed by atoms with E-state index in [0.29, 0.717) is 22.8 Å². The molecule has 0 fully saturated rings. The first-order valence-electron chi connectivity index (χ1n) is 6.15. The largest absolute Gasteiger partial charge is 0.493 e. The molecule has 8 heteroatoms. The molecule has 0 aliphatic heterocycles. The van der Waals surface area contributed by atoms with Crippen LogP contribution in [0, 0.1) is 0 Å². The number of hydrogen-bond acceptors (Lipinski definition) is 6. The molecule has 4 N–H and O–H groups in total. The average molecular weight is 297 g/mol. The van der Waals surface area contributed by atoms with Crippen molar-refractivity contribution in [2.75, 3.05) is 27.9 Å². The number of rotatable bonds is 7. The summed E-state index contributed by atoms with van der Waals surface area (Å²) in [5.41, 5.74) is 2.31. The molecule has 1 rings (SSSR count). The third kappa shape index (κ3) is 4.25. The second-order valence-electron chi connectivity index (χ2n) is 3.99. The fraction of sp³-hybridized carbons (Fsp3) is 0.385. The minimum absolute atomic E-state index is 0.0899. The lowest BCUT2D eigenvalue weighted by Crippen LogP contribution is -2.34. The van der Waals surface area contributed by atoms with Crippen molar-refractivity contribution in [2.45, 2.75) is 6.42 Å². The Balaban J connectivity index is 2.87. The molecule has 0 heterocycles. The predicted molar refractivity (Wildman–Crippen MR) is 75.4 cm³/mol. The number of amides is 2. The summed E-state index contributed by atoms with van der Waals surface area (Å²) < 4.78 is 15.5. The first kappa shape index (κ1) is 16.6.